The molecule has 0 atom stereocenters. The van der Waals surface area contributed by atoms with E-state index in [4.69, 9.17) is 5.84 Å². The molecular weight excluding hydrogens is 219 g/mol. The first kappa shape index (κ1) is 16.9. The van der Waals surface area contributed by atoms with E-state index in [1.807, 2.05) is 0 Å². The quantitative estimate of drug-likeness (QED) is 0.549. The Kier molecular flexibility index (Phi) is 8.32. The molecular formula is C10H24Cl2N2. The van der Waals surface area contributed by atoms with Crippen molar-refractivity contribution in [2.75, 3.05) is 0 Å². The molecule has 0 saturated heterocycles. The van der Waals surface area contributed by atoms with Gasteiger partial charge in [-0.3, -0.25) is 11.3 Å². The first-order chi connectivity index (χ1) is 5.54. The first-order valence-electron chi connectivity index (χ1n) is 5.00. The number of hydrogen-bond acceptors (Lipinski definition) is 2. The number of hydrazine groups is 1. The molecule has 0 aromatic carbocycles. The average molecular weight is 243 g/mol. The van der Waals surface area contributed by atoms with Crippen molar-refractivity contribution in [3.8, 4) is 0 Å². The van der Waals surface area contributed by atoms with Gasteiger partial charge in [0.2, 0.25) is 0 Å². The number of rotatable bonds is 1. The first-order valence-corrected chi connectivity index (χ1v) is 5.00. The standard InChI is InChI=1S/C10H22N2.2ClH/c1-10(2,3)8-4-6-9(12-11)7-5-8;;/h8-9,12H,4-7,11H2,1-3H3;2*1H. The summed E-state index contributed by atoms with van der Waals surface area (Å²) >= 11 is 0. The minimum Gasteiger partial charge on any atom is -0.271 e. The highest BCUT2D eigenvalue weighted by Gasteiger charge is 2.28. The predicted octanol–water partition coefficient (Wildman–Crippen LogP) is 2.90. The highest BCUT2D eigenvalue weighted by atomic mass is 35.5. The lowest BCUT2D eigenvalue weighted by atomic mass is 9.71. The van der Waals surface area contributed by atoms with Gasteiger partial charge in [0.15, 0.2) is 0 Å². The zero-order chi connectivity index (χ0) is 9.19. The lowest BCUT2D eigenvalue weighted by Gasteiger charge is -2.36. The molecule has 88 valence electrons. The van der Waals surface area contributed by atoms with E-state index in [1.165, 1.54) is 25.7 Å². The van der Waals surface area contributed by atoms with Crippen LogP contribution in [-0.2, 0) is 0 Å². The fourth-order valence-electron chi connectivity index (χ4n) is 2.13. The highest BCUT2D eigenvalue weighted by Crippen LogP contribution is 2.37. The van der Waals surface area contributed by atoms with E-state index >= 15 is 0 Å². The van der Waals surface area contributed by atoms with Crippen LogP contribution in [0.5, 0.6) is 0 Å². The van der Waals surface area contributed by atoms with Gasteiger partial charge in [0.25, 0.3) is 0 Å². The summed E-state index contributed by atoms with van der Waals surface area (Å²) in [6.07, 6.45) is 5.16. The van der Waals surface area contributed by atoms with Crippen LogP contribution in [0.25, 0.3) is 0 Å². The van der Waals surface area contributed by atoms with Crippen molar-refractivity contribution in [3.05, 3.63) is 0 Å². The molecule has 3 N–H and O–H groups in total. The maximum absolute atomic E-state index is 5.41. The van der Waals surface area contributed by atoms with E-state index in [0.717, 1.165) is 5.92 Å². The van der Waals surface area contributed by atoms with Crippen LogP contribution in [0.15, 0.2) is 0 Å². The third kappa shape index (κ3) is 4.83. The van der Waals surface area contributed by atoms with Crippen molar-refractivity contribution in [3.63, 3.8) is 0 Å². The van der Waals surface area contributed by atoms with E-state index in [-0.39, 0.29) is 24.8 Å². The fraction of sp³-hybridized carbons (Fsp3) is 1.00. The molecule has 0 aromatic rings. The van der Waals surface area contributed by atoms with E-state index in [1.54, 1.807) is 0 Å². The van der Waals surface area contributed by atoms with Crippen LogP contribution < -0.4 is 11.3 Å². The van der Waals surface area contributed by atoms with Crippen LogP contribution >= 0.6 is 24.8 Å². The molecule has 0 aromatic heterocycles. The molecule has 0 amide bonds. The molecule has 1 saturated carbocycles. The van der Waals surface area contributed by atoms with Gasteiger partial charge >= 0.3 is 0 Å². The van der Waals surface area contributed by atoms with Crippen LogP contribution in [0.2, 0.25) is 0 Å². The van der Waals surface area contributed by atoms with Gasteiger partial charge in [-0.25, -0.2) is 0 Å². The van der Waals surface area contributed by atoms with Crippen LogP contribution in [0.1, 0.15) is 46.5 Å². The Morgan fingerprint density at radius 3 is 1.71 bits per heavy atom. The Labute approximate surface area is 100 Å². The molecule has 1 rings (SSSR count). The second-order valence-corrected chi connectivity index (χ2v) is 5.08. The molecule has 0 aliphatic heterocycles. The zero-order valence-electron chi connectivity index (χ0n) is 9.38. The van der Waals surface area contributed by atoms with E-state index in [2.05, 4.69) is 26.2 Å². The summed E-state index contributed by atoms with van der Waals surface area (Å²) in [5.74, 6) is 6.30. The van der Waals surface area contributed by atoms with Crippen molar-refractivity contribution in [1.82, 2.24) is 5.43 Å². The van der Waals surface area contributed by atoms with Crippen LogP contribution in [0, 0.1) is 11.3 Å². The molecule has 1 aliphatic carbocycles. The van der Waals surface area contributed by atoms with Crippen molar-refractivity contribution in [2.24, 2.45) is 17.2 Å². The number of hydrogen-bond donors (Lipinski definition) is 2. The number of nitrogens with one attached hydrogen (secondary N) is 1. The smallest absolute Gasteiger partial charge is 0.0210 e. The third-order valence-corrected chi connectivity index (χ3v) is 3.19. The number of halogens is 2. The minimum atomic E-state index is 0. The molecule has 2 nitrogen and oxygen atoms in total. The van der Waals surface area contributed by atoms with Gasteiger partial charge in [-0.2, -0.15) is 0 Å². The van der Waals surface area contributed by atoms with E-state index < -0.39 is 0 Å². The second kappa shape index (κ2) is 6.89. The molecule has 1 aliphatic rings. The summed E-state index contributed by atoms with van der Waals surface area (Å²) < 4.78 is 0. The van der Waals surface area contributed by atoms with Crippen molar-refractivity contribution >= 4 is 24.8 Å². The molecule has 1 fully saturated rings. The van der Waals surface area contributed by atoms with Crippen LogP contribution in [0.3, 0.4) is 0 Å². The highest BCUT2D eigenvalue weighted by molar-refractivity contribution is 5.85. The Hall–Kier alpha value is 0.500. The molecule has 0 bridgehead atoms. The Bertz CT molecular complexity index is 138. The topological polar surface area (TPSA) is 38.0 Å². The largest absolute Gasteiger partial charge is 0.271 e. The maximum atomic E-state index is 5.41. The molecule has 14 heavy (non-hydrogen) atoms. The zero-order valence-corrected chi connectivity index (χ0v) is 11.0. The van der Waals surface area contributed by atoms with Crippen molar-refractivity contribution in [1.29, 1.82) is 0 Å². The SMILES string of the molecule is CC(C)(C)C1CCC(NN)CC1.Cl.Cl. The molecule has 0 radical (unpaired) electrons. The monoisotopic (exact) mass is 242 g/mol. The van der Waals surface area contributed by atoms with Crippen molar-refractivity contribution in [2.45, 2.75) is 52.5 Å². The molecule has 0 unspecified atom stereocenters. The van der Waals surface area contributed by atoms with Gasteiger partial charge in [0.05, 0.1) is 0 Å². The van der Waals surface area contributed by atoms with Gasteiger partial charge in [-0.15, -0.1) is 24.8 Å². The van der Waals surface area contributed by atoms with Gasteiger partial charge in [0, 0.05) is 6.04 Å². The van der Waals surface area contributed by atoms with Gasteiger partial charge < -0.3 is 0 Å². The van der Waals surface area contributed by atoms with Crippen molar-refractivity contribution < 1.29 is 0 Å². The molecule has 0 heterocycles. The van der Waals surface area contributed by atoms with Gasteiger partial charge in [0.1, 0.15) is 0 Å². The number of nitrogens with two attached hydrogens (primary N) is 1. The van der Waals surface area contributed by atoms with Gasteiger partial charge in [-0.1, -0.05) is 20.8 Å². The summed E-state index contributed by atoms with van der Waals surface area (Å²) in [5.41, 5.74) is 3.36. The second-order valence-electron chi connectivity index (χ2n) is 5.08. The maximum Gasteiger partial charge on any atom is 0.0210 e. The summed E-state index contributed by atoms with van der Waals surface area (Å²) in [5, 5.41) is 0. The normalized spacial score (nSPS) is 27.4. The van der Waals surface area contributed by atoms with Crippen LogP contribution in [0.4, 0.5) is 0 Å². The Morgan fingerprint density at radius 1 is 1.00 bits per heavy atom. The summed E-state index contributed by atoms with van der Waals surface area (Å²) in [7, 11) is 0. The Balaban J connectivity index is 0. The summed E-state index contributed by atoms with van der Waals surface area (Å²) in [6.45, 7) is 7.02. The lowest BCUT2D eigenvalue weighted by molar-refractivity contribution is 0.160. The lowest BCUT2D eigenvalue weighted by Crippen LogP contribution is -2.39. The molecule has 4 heteroatoms. The minimum absolute atomic E-state index is 0. The van der Waals surface area contributed by atoms with E-state index in [0.29, 0.717) is 11.5 Å². The average Bonchev–Trinajstić information content (AvgIpc) is 2.03. The summed E-state index contributed by atoms with van der Waals surface area (Å²) in [4.78, 5) is 0. The van der Waals surface area contributed by atoms with E-state index in [9.17, 15) is 0 Å². The van der Waals surface area contributed by atoms with Crippen LogP contribution in [-0.4, -0.2) is 6.04 Å². The van der Waals surface area contributed by atoms with Gasteiger partial charge in [-0.05, 0) is 37.0 Å². The predicted molar refractivity (Wildman–Crippen MR) is 67.0 cm³/mol. The summed E-state index contributed by atoms with van der Waals surface area (Å²) in [6, 6.07) is 0.573. The Morgan fingerprint density at radius 2 is 1.43 bits per heavy atom. The fourth-order valence-corrected chi connectivity index (χ4v) is 2.13. The third-order valence-electron chi connectivity index (χ3n) is 3.19. The molecule has 0 spiro atoms.